The first kappa shape index (κ1) is 22.6. The van der Waals surface area contributed by atoms with E-state index in [0.717, 1.165) is 41.4 Å². The van der Waals surface area contributed by atoms with Crippen LogP contribution in [0.5, 0.6) is 0 Å². The van der Waals surface area contributed by atoms with Crippen molar-refractivity contribution < 1.29 is 14.4 Å². The van der Waals surface area contributed by atoms with Gasteiger partial charge >= 0.3 is 6.03 Å². The highest BCUT2D eigenvalue weighted by Crippen LogP contribution is 2.20. The summed E-state index contributed by atoms with van der Waals surface area (Å²) in [4.78, 5) is 41.9. The first-order valence-electron chi connectivity index (χ1n) is 11.6. The zero-order valence-corrected chi connectivity index (χ0v) is 18.9. The van der Waals surface area contributed by atoms with Crippen LogP contribution in [0.2, 0.25) is 0 Å². The highest BCUT2D eigenvalue weighted by atomic mass is 16.2. The number of H-pyrrole nitrogens is 1. The Kier molecular flexibility index (Phi) is 7.07. The lowest BCUT2D eigenvalue weighted by Gasteiger charge is -2.13. The molecule has 3 aromatic rings. The summed E-state index contributed by atoms with van der Waals surface area (Å²) in [6.07, 6.45) is 6.25. The van der Waals surface area contributed by atoms with Gasteiger partial charge in [0.05, 0.1) is 0 Å². The molecule has 1 aliphatic rings. The number of carbonyl (C=O) groups excluding carboxylic acids is 3. The number of urea groups is 1. The number of aryl methyl sites for hydroxylation is 1. The number of aromatic amines is 1. The van der Waals surface area contributed by atoms with Crippen molar-refractivity contribution in [1.82, 2.24) is 15.2 Å². The summed E-state index contributed by atoms with van der Waals surface area (Å²) in [6, 6.07) is 14.7. The molecule has 0 spiro atoms. The lowest BCUT2D eigenvalue weighted by atomic mass is 10.1. The molecule has 1 unspecified atom stereocenters. The van der Waals surface area contributed by atoms with Crippen molar-refractivity contribution in [3.05, 3.63) is 65.9 Å². The zero-order valence-electron chi connectivity index (χ0n) is 18.9. The second-order valence-electron chi connectivity index (χ2n) is 8.49. The second kappa shape index (κ2) is 10.3. The number of aromatic nitrogens is 1. The summed E-state index contributed by atoms with van der Waals surface area (Å²) in [5, 5.41) is 6.68. The molecule has 2 aromatic carbocycles. The topological polar surface area (TPSA) is 94.3 Å². The summed E-state index contributed by atoms with van der Waals surface area (Å²) in [7, 11) is 0. The number of nitrogens with one attached hydrogen (secondary N) is 3. The Morgan fingerprint density at radius 3 is 2.64 bits per heavy atom. The van der Waals surface area contributed by atoms with Crippen molar-refractivity contribution in [3.63, 3.8) is 0 Å². The molecule has 172 valence electrons. The minimum atomic E-state index is -0.664. The number of anilines is 1. The number of fused-ring (bicyclic) bond motifs is 1. The molecule has 4 rings (SSSR count). The number of hydrogen-bond acceptors (Lipinski definition) is 3. The van der Waals surface area contributed by atoms with E-state index in [9.17, 15) is 14.4 Å². The van der Waals surface area contributed by atoms with Gasteiger partial charge in [-0.2, -0.15) is 0 Å². The maximum Gasteiger partial charge on any atom is 0.324 e. The number of carbonyl (C=O) groups is 3. The maximum atomic E-state index is 12.7. The molecule has 1 atom stereocenters. The predicted molar refractivity (Wildman–Crippen MR) is 129 cm³/mol. The SMILES string of the molecule is CCCCc1ccc(NC(=O)CCC2NC(=O)N(CCc3c[nH]c4ccccc34)C2=O)cc1. The molecule has 0 bridgehead atoms. The van der Waals surface area contributed by atoms with Gasteiger partial charge in [0.2, 0.25) is 5.91 Å². The molecule has 0 aliphatic carbocycles. The van der Waals surface area contributed by atoms with E-state index in [0.29, 0.717) is 13.0 Å². The van der Waals surface area contributed by atoms with Gasteiger partial charge in [-0.25, -0.2) is 4.79 Å². The van der Waals surface area contributed by atoms with Gasteiger partial charge in [-0.1, -0.05) is 43.7 Å². The Bertz CT molecular complexity index is 1140. The minimum Gasteiger partial charge on any atom is -0.361 e. The molecule has 3 N–H and O–H groups in total. The fraction of sp³-hybridized carbons (Fsp3) is 0.346. The molecule has 1 aromatic heterocycles. The van der Waals surface area contributed by atoms with Gasteiger partial charge in [-0.15, -0.1) is 0 Å². The lowest BCUT2D eigenvalue weighted by Crippen LogP contribution is -2.33. The lowest BCUT2D eigenvalue weighted by molar-refractivity contribution is -0.127. The van der Waals surface area contributed by atoms with Crippen molar-refractivity contribution in [2.24, 2.45) is 0 Å². The van der Waals surface area contributed by atoms with E-state index in [-0.39, 0.29) is 24.7 Å². The van der Waals surface area contributed by atoms with Crippen molar-refractivity contribution in [1.29, 1.82) is 0 Å². The molecule has 2 heterocycles. The van der Waals surface area contributed by atoms with Crippen molar-refractivity contribution in [3.8, 4) is 0 Å². The Morgan fingerprint density at radius 2 is 1.85 bits per heavy atom. The van der Waals surface area contributed by atoms with Crippen LogP contribution in [0.3, 0.4) is 0 Å². The summed E-state index contributed by atoms with van der Waals surface area (Å²) < 4.78 is 0. The van der Waals surface area contributed by atoms with Crippen LogP contribution in [0, 0.1) is 0 Å². The summed E-state index contributed by atoms with van der Waals surface area (Å²) in [5.74, 6) is -0.441. The molecule has 1 aliphatic heterocycles. The summed E-state index contributed by atoms with van der Waals surface area (Å²) in [5.41, 5.74) is 4.09. The van der Waals surface area contributed by atoms with Gasteiger partial charge in [-0.3, -0.25) is 14.5 Å². The zero-order chi connectivity index (χ0) is 23.2. The van der Waals surface area contributed by atoms with Gasteiger partial charge in [0.15, 0.2) is 0 Å². The van der Waals surface area contributed by atoms with E-state index in [2.05, 4.69) is 22.5 Å². The fourth-order valence-electron chi connectivity index (χ4n) is 4.19. The number of para-hydroxylation sites is 1. The highest BCUT2D eigenvalue weighted by Gasteiger charge is 2.37. The molecule has 1 fully saturated rings. The molecular formula is C26H30N4O3. The van der Waals surface area contributed by atoms with Crippen LogP contribution >= 0.6 is 0 Å². The Morgan fingerprint density at radius 1 is 1.06 bits per heavy atom. The minimum absolute atomic E-state index is 0.157. The summed E-state index contributed by atoms with van der Waals surface area (Å²) >= 11 is 0. The van der Waals surface area contributed by atoms with E-state index in [4.69, 9.17) is 0 Å². The van der Waals surface area contributed by atoms with E-state index in [1.54, 1.807) is 0 Å². The number of imide groups is 1. The average molecular weight is 447 g/mol. The Balaban J connectivity index is 1.25. The fourth-order valence-corrected chi connectivity index (χ4v) is 4.19. The number of unbranched alkanes of at least 4 members (excludes halogenated alkanes) is 1. The standard InChI is InChI=1S/C26H30N4O3/c1-2-3-6-18-9-11-20(12-10-18)28-24(31)14-13-23-25(32)30(26(33)29-23)16-15-19-17-27-22-8-5-4-7-21(19)22/h4-5,7-12,17,23,27H,2-3,6,13-16H2,1H3,(H,28,31)(H,29,33). The van der Waals surface area contributed by atoms with Gasteiger partial charge in [0, 0.05) is 35.8 Å². The van der Waals surface area contributed by atoms with Crippen LogP contribution in [0.1, 0.15) is 43.7 Å². The summed E-state index contributed by atoms with van der Waals surface area (Å²) in [6.45, 7) is 2.47. The monoisotopic (exact) mass is 446 g/mol. The van der Waals surface area contributed by atoms with Crippen LogP contribution < -0.4 is 10.6 Å². The second-order valence-corrected chi connectivity index (χ2v) is 8.49. The number of rotatable bonds is 10. The van der Waals surface area contributed by atoms with Crippen LogP contribution in [-0.2, 0) is 22.4 Å². The van der Waals surface area contributed by atoms with Gasteiger partial charge < -0.3 is 15.6 Å². The van der Waals surface area contributed by atoms with Crippen LogP contribution in [0.15, 0.2) is 54.7 Å². The van der Waals surface area contributed by atoms with Crippen molar-refractivity contribution >= 4 is 34.4 Å². The van der Waals surface area contributed by atoms with Crippen LogP contribution in [0.25, 0.3) is 10.9 Å². The van der Waals surface area contributed by atoms with Gasteiger partial charge in [0.25, 0.3) is 5.91 Å². The number of hydrogen-bond donors (Lipinski definition) is 3. The third kappa shape index (κ3) is 5.42. The van der Waals surface area contributed by atoms with E-state index < -0.39 is 12.1 Å². The van der Waals surface area contributed by atoms with E-state index >= 15 is 0 Å². The quantitative estimate of drug-likeness (QED) is 0.403. The molecule has 4 amide bonds. The Labute approximate surface area is 193 Å². The molecule has 33 heavy (non-hydrogen) atoms. The number of nitrogens with zero attached hydrogens (tertiary/aromatic N) is 1. The van der Waals surface area contributed by atoms with Gasteiger partial charge in [0.1, 0.15) is 6.04 Å². The molecular weight excluding hydrogens is 416 g/mol. The largest absolute Gasteiger partial charge is 0.361 e. The maximum absolute atomic E-state index is 12.7. The Hall–Kier alpha value is -3.61. The molecule has 7 heteroatoms. The predicted octanol–water partition coefficient (Wildman–Crippen LogP) is 4.39. The normalized spacial score (nSPS) is 15.8. The third-order valence-electron chi connectivity index (χ3n) is 6.10. The van der Waals surface area contributed by atoms with E-state index in [1.165, 1.54) is 10.5 Å². The number of benzene rings is 2. The van der Waals surface area contributed by atoms with Crippen LogP contribution in [0.4, 0.5) is 10.5 Å². The first-order valence-corrected chi connectivity index (χ1v) is 11.6. The van der Waals surface area contributed by atoms with Gasteiger partial charge in [-0.05, 0) is 55.0 Å². The van der Waals surface area contributed by atoms with Crippen molar-refractivity contribution in [2.75, 3.05) is 11.9 Å². The molecule has 0 saturated carbocycles. The highest BCUT2D eigenvalue weighted by molar-refractivity contribution is 6.04. The first-order chi connectivity index (χ1) is 16.0. The van der Waals surface area contributed by atoms with Crippen molar-refractivity contribution in [2.45, 2.75) is 51.5 Å². The smallest absolute Gasteiger partial charge is 0.324 e. The number of amides is 4. The molecule has 7 nitrogen and oxygen atoms in total. The average Bonchev–Trinajstić information content (AvgIpc) is 3.36. The molecule has 1 saturated heterocycles. The molecule has 0 radical (unpaired) electrons. The third-order valence-corrected chi connectivity index (χ3v) is 6.10. The van der Waals surface area contributed by atoms with E-state index in [1.807, 2.05) is 54.7 Å². The van der Waals surface area contributed by atoms with Crippen LogP contribution in [-0.4, -0.2) is 40.3 Å².